The quantitative estimate of drug-likeness (QED) is 0.695. The molecule has 3 nitrogen and oxygen atoms in total. The van der Waals surface area contributed by atoms with E-state index in [2.05, 4.69) is 0 Å². The third kappa shape index (κ3) is 17.6. The second kappa shape index (κ2) is 9.29. The highest BCUT2D eigenvalue weighted by atomic mass is 19.3. The van der Waals surface area contributed by atoms with Crippen LogP contribution >= 0.6 is 0 Å². The van der Waals surface area contributed by atoms with Crippen molar-refractivity contribution < 1.29 is 23.4 Å². The van der Waals surface area contributed by atoms with Gasteiger partial charge < -0.3 is 9.84 Å². The zero-order valence-corrected chi connectivity index (χ0v) is 6.51. The number of carbonyl (C=O) groups is 1. The number of halogens is 2. The molecule has 0 aromatic carbocycles. The summed E-state index contributed by atoms with van der Waals surface area (Å²) in [6.07, 6.45) is -3.23. The lowest BCUT2D eigenvalue weighted by Crippen LogP contribution is -2.06. The van der Waals surface area contributed by atoms with Crippen molar-refractivity contribution in [1.29, 1.82) is 0 Å². The highest BCUT2D eigenvalue weighted by molar-refractivity contribution is 5.70. The van der Waals surface area contributed by atoms with Crippen LogP contribution in [0.25, 0.3) is 0 Å². The first-order valence-electron chi connectivity index (χ1n) is 3.14. The zero-order chi connectivity index (χ0) is 9.28. The maximum atomic E-state index is 10.6. The van der Waals surface area contributed by atoms with Crippen LogP contribution in [0.1, 0.15) is 13.8 Å². The summed E-state index contributed by atoms with van der Waals surface area (Å²) < 4.78 is 25.9. The van der Waals surface area contributed by atoms with E-state index in [-0.39, 0.29) is 0 Å². The van der Waals surface area contributed by atoms with Gasteiger partial charge in [-0.1, -0.05) is 0 Å². The van der Waals surface area contributed by atoms with Crippen LogP contribution in [0.4, 0.5) is 8.78 Å². The fraction of sp³-hybridized carbons (Fsp3) is 0.833. The molecule has 5 heteroatoms. The molecule has 0 aliphatic heterocycles. The Balaban J connectivity index is 0. The van der Waals surface area contributed by atoms with E-state index in [1.54, 1.807) is 0 Å². The number of rotatable bonds is 3. The summed E-state index contributed by atoms with van der Waals surface area (Å²) in [5.41, 5.74) is 0. The van der Waals surface area contributed by atoms with Crippen LogP contribution in [0.15, 0.2) is 0 Å². The van der Waals surface area contributed by atoms with Gasteiger partial charge >= 0.3 is 12.4 Å². The molecule has 0 heterocycles. The summed E-state index contributed by atoms with van der Waals surface area (Å²) >= 11 is 0. The molecule has 1 N–H and O–H groups in total. The summed E-state index contributed by atoms with van der Waals surface area (Å²) in [6.45, 7) is 5.67. The van der Waals surface area contributed by atoms with Crippen molar-refractivity contribution in [2.75, 3.05) is 13.2 Å². The fourth-order valence-corrected chi connectivity index (χ4v) is 0.204. The molecule has 0 rings (SSSR count). The number of carboxylic acid groups (broad SMARTS) is 1. The first kappa shape index (κ1) is 12.9. The molecule has 0 aromatic heterocycles. The molecular weight excluding hydrogens is 158 g/mol. The summed E-state index contributed by atoms with van der Waals surface area (Å²) in [4.78, 5) is 8.95. The molecule has 0 spiro atoms. The standard InChI is InChI=1S/C4H10O.C2H2F2O2/c1-3-5-4-2;3-1(4)2(5)6/h3-4H2,1-2H3;1H,(H,5,6). The Bertz CT molecular complexity index is 93.8. The number of aliphatic carboxylic acids is 1. The van der Waals surface area contributed by atoms with Crippen molar-refractivity contribution in [1.82, 2.24) is 0 Å². The maximum absolute atomic E-state index is 10.6. The van der Waals surface area contributed by atoms with Crippen molar-refractivity contribution in [3.63, 3.8) is 0 Å². The topological polar surface area (TPSA) is 46.5 Å². The number of carboxylic acids is 1. The van der Waals surface area contributed by atoms with Crippen molar-refractivity contribution >= 4 is 5.97 Å². The molecule has 0 unspecified atom stereocenters. The minimum absolute atomic E-state index is 0.844. The van der Waals surface area contributed by atoms with E-state index >= 15 is 0 Å². The van der Waals surface area contributed by atoms with Gasteiger partial charge in [-0.05, 0) is 13.8 Å². The average Bonchev–Trinajstić information content (AvgIpc) is 1.90. The summed E-state index contributed by atoms with van der Waals surface area (Å²) in [6, 6.07) is 0. The van der Waals surface area contributed by atoms with Crippen molar-refractivity contribution in [3.8, 4) is 0 Å². The lowest BCUT2D eigenvalue weighted by Gasteiger charge is -1.86. The van der Waals surface area contributed by atoms with Crippen molar-refractivity contribution in [2.45, 2.75) is 20.3 Å². The molecule has 0 atom stereocenters. The van der Waals surface area contributed by atoms with Gasteiger partial charge in [0.1, 0.15) is 0 Å². The van der Waals surface area contributed by atoms with Gasteiger partial charge in [0.15, 0.2) is 0 Å². The van der Waals surface area contributed by atoms with E-state index in [0.717, 1.165) is 13.2 Å². The van der Waals surface area contributed by atoms with Crippen LogP contribution in [-0.2, 0) is 9.53 Å². The number of hydrogen-bond donors (Lipinski definition) is 1. The first-order valence-corrected chi connectivity index (χ1v) is 3.14. The summed E-state index contributed by atoms with van der Waals surface area (Å²) in [5.74, 6) is -2.07. The number of hydrogen-bond acceptors (Lipinski definition) is 2. The summed E-state index contributed by atoms with van der Waals surface area (Å²) in [5, 5.41) is 7.24. The Hall–Kier alpha value is -0.710. The van der Waals surface area contributed by atoms with E-state index in [9.17, 15) is 8.78 Å². The van der Waals surface area contributed by atoms with Crippen LogP contribution < -0.4 is 0 Å². The molecule has 0 aliphatic rings. The van der Waals surface area contributed by atoms with Gasteiger partial charge in [0.2, 0.25) is 0 Å². The van der Waals surface area contributed by atoms with Gasteiger partial charge in [0.25, 0.3) is 0 Å². The normalized spacial score (nSPS) is 8.82. The van der Waals surface area contributed by atoms with Crippen molar-refractivity contribution in [2.24, 2.45) is 0 Å². The second-order valence-electron chi connectivity index (χ2n) is 1.42. The third-order valence-electron chi connectivity index (χ3n) is 0.595. The predicted molar refractivity (Wildman–Crippen MR) is 35.8 cm³/mol. The van der Waals surface area contributed by atoms with Crippen LogP contribution in [0.5, 0.6) is 0 Å². The van der Waals surface area contributed by atoms with Gasteiger partial charge in [-0.15, -0.1) is 0 Å². The Labute approximate surface area is 64.0 Å². The molecule has 0 fully saturated rings. The SMILES string of the molecule is CCOCC.O=C(O)C(F)F. The van der Waals surface area contributed by atoms with Crippen LogP contribution in [0.3, 0.4) is 0 Å². The van der Waals surface area contributed by atoms with Gasteiger partial charge in [0, 0.05) is 13.2 Å². The minimum Gasteiger partial charge on any atom is -0.477 e. The van der Waals surface area contributed by atoms with E-state index in [0.29, 0.717) is 0 Å². The Morgan fingerprint density at radius 1 is 1.45 bits per heavy atom. The molecule has 0 aromatic rings. The molecular formula is C6H12F2O3. The first-order chi connectivity index (χ1) is 5.06. The van der Waals surface area contributed by atoms with Crippen LogP contribution in [-0.4, -0.2) is 30.7 Å². The monoisotopic (exact) mass is 170 g/mol. The van der Waals surface area contributed by atoms with E-state index in [1.807, 2.05) is 13.8 Å². The van der Waals surface area contributed by atoms with Gasteiger partial charge in [-0.25, -0.2) is 4.79 Å². The van der Waals surface area contributed by atoms with E-state index in [4.69, 9.17) is 14.6 Å². The smallest absolute Gasteiger partial charge is 0.371 e. The number of alkyl halides is 2. The average molecular weight is 170 g/mol. The zero-order valence-electron chi connectivity index (χ0n) is 6.51. The Morgan fingerprint density at radius 3 is 1.73 bits per heavy atom. The van der Waals surface area contributed by atoms with Crippen LogP contribution in [0, 0.1) is 0 Å². The Kier molecular flexibility index (Phi) is 10.9. The maximum Gasteiger partial charge on any atom is 0.371 e. The lowest BCUT2D eigenvalue weighted by atomic mass is 10.7. The molecule has 11 heavy (non-hydrogen) atoms. The van der Waals surface area contributed by atoms with Gasteiger partial charge in [-0.3, -0.25) is 0 Å². The molecule has 0 bridgehead atoms. The van der Waals surface area contributed by atoms with E-state index in [1.165, 1.54) is 0 Å². The highest BCUT2D eigenvalue weighted by Gasteiger charge is 2.10. The molecule has 0 aliphatic carbocycles. The Morgan fingerprint density at radius 2 is 1.73 bits per heavy atom. The van der Waals surface area contributed by atoms with Crippen molar-refractivity contribution in [3.05, 3.63) is 0 Å². The predicted octanol–water partition coefficient (Wildman–Crippen LogP) is 1.38. The molecule has 0 radical (unpaired) electrons. The fourth-order valence-electron chi connectivity index (χ4n) is 0.204. The minimum atomic E-state index is -3.23. The second-order valence-corrected chi connectivity index (χ2v) is 1.42. The van der Waals surface area contributed by atoms with Gasteiger partial charge in [-0.2, -0.15) is 8.78 Å². The molecule has 68 valence electrons. The molecule has 0 amide bonds. The number of ether oxygens (including phenoxy) is 1. The largest absolute Gasteiger partial charge is 0.477 e. The summed E-state index contributed by atoms with van der Waals surface area (Å²) in [7, 11) is 0. The highest BCUT2D eigenvalue weighted by Crippen LogP contribution is 1.87. The third-order valence-corrected chi connectivity index (χ3v) is 0.595. The lowest BCUT2D eigenvalue weighted by molar-refractivity contribution is -0.149. The van der Waals surface area contributed by atoms with Gasteiger partial charge in [0.05, 0.1) is 0 Å². The van der Waals surface area contributed by atoms with Crippen LogP contribution in [0.2, 0.25) is 0 Å². The molecule has 0 saturated carbocycles. The molecule has 0 saturated heterocycles. The van der Waals surface area contributed by atoms with E-state index < -0.39 is 12.4 Å².